The number of anilines is 2. The minimum atomic E-state index is -0.464. The van der Waals surface area contributed by atoms with Gasteiger partial charge in [-0.05, 0) is 18.4 Å². The second-order valence-corrected chi connectivity index (χ2v) is 6.78. The summed E-state index contributed by atoms with van der Waals surface area (Å²) in [7, 11) is 0. The van der Waals surface area contributed by atoms with Crippen molar-refractivity contribution in [1.29, 1.82) is 0 Å². The van der Waals surface area contributed by atoms with E-state index in [0.29, 0.717) is 57.9 Å². The van der Waals surface area contributed by atoms with E-state index < -0.39 is 4.92 Å². The molecule has 2 aromatic rings. The van der Waals surface area contributed by atoms with Crippen molar-refractivity contribution in [1.82, 2.24) is 9.97 Å². The van der Waals surface area contributed by atoms with Crippen LogP contribution in [-0.4, -0.2) is 53.7 Å². The lowest BCUT2D eigenvalue weighted by atomic mass is 10.2. The number of aromatic nitrogens is 2. The zero-order valence-corrected chi connectivity index (χ0v) is 16.7. The molecule has 1 fully saturated rings. The number of rotatable bonds is 10. The molecule has 3 rings (SSSR count). The maximum Gasteiger partial charge on any atom is 0.353 e. The van der Waals surface area contributed by atoms with Crippen molar-refractivity contribution in [3.05, 3.63) is 52.3 Å². The van der Waals surface area contributed by atoms with Crippen LogP contribution in [0, 0.1) is 10.1 Å². The van der Waals surface area contributed by atoms with Crippen LogP contribution in [0.1, 0.15) is 24.8 Å². The van der Waals surface area contributed by atoms with Gasteiger partial charge in [0.05, 0.1) is 18.1 Å². The van der Waals surface area contributed by atoms with Gasteiger partial charge in [-0.3, -0.25) is 14.9 Å². The first-order chi connectivity index (χ1) is 14.6. The van der Waals surface area contributed by atoms with Crippen LogP contribution in [0.2, 0.25) is 0 Å². The predicted molar refractivity (Wildman–Crippen MR) is 110 cm³/mol. The molecule has 1 saturated heterocycles. The number of morpholine rings is 1. The van der Waals surface area contributed by atoms with E-state index in [4.69, 9.17) is 9.47 Å². The molecule has 2 heterocycles. The molecule has 0 spiro atoms. The van der Waals surface area contributed by atoms with E-state index in [-0.39, 0.29) is 24.1 Å². The fourth-order valence-corrected chi connectivity index (χ4v) is 3.08. The van der Waals surface area contributed by atoms with Gasteiger partial charge in [0.25, 0.3) is 0 Å². The van der Waals surface area contributed by atoms with Crippen LogP contribution >= 0.6 is 0 Å². The normalized spacial score (nSPS) is 13.7. The Bertz CT molecular complexity index is 843. The van der Waals surface area contributed by atoms with Crippen LogP contribution < -0.4 is 10.2 Å². The lowest BCUT2D eigenvalue weighted by Crippen LogP contribution is -2.37. The van der Waals surface area contributed by atoms with Crippen LogP contribution in [0.15, 0.2) is 36.7 Å². The fourth-order valence-electron chi connectivity index (χ4n) is 3.08. The molecular weight excluding hydrogens is 390 g/mol. The molecule has 10 heteroatoms. The standard InChI is InChI=1S/C20H25N5O5/c26-17(30-14-16-6-2-1-3-7-16)8-4-5-9-21-19-18(25(27)28)20(23-15-22-19)24-10-12-29-13-11-24/h1-3,6-7,15H,4-5,8-14H2,(H,21,22,23). The number of nitro groups is 1. The molecule has 0 amide bonds. The van der Waals surface area contributed by atoms with Gasteiger partial charge in [0.2, 0.25) is 11.6 Å². The van der Waals surface area contributed by atoms with E-state index >= 15 is 0 Å². The monoisotopic (exact) mass is 415 g/mol. The van der Waals surface area contributed by atoms with Crippen molar-refractivity contribution in [2.24, 2.45) is 0 Å². The Hall–Kier alpha value is -3.27. The fraction of sp³-hybridized carbons (Fsp3) is 0.450. The molecule has 1 aromatic heterocycles. The van der Waals surface area contributed by atoms with Crippen LogP contribution in [0.25, 0.3) is 0 Å². The molecule has 1 N–H and O–H groups in total. The quantitative estimate of drug-likeness (QED) is 0.270. The lowest BCUT2D eigenvalue weighted by molar-refractivity contribution is -0.383. The molecule has 0 aliphatic carbocycles. The predicted octanol–water partition coefficient (Wildman–Crippen LogP) is 2.55. The molecule has 0 saturated carbocycles. The van der Waals surface area contributed by atoms with Gasteiger partial charge in [0.15, 0.2) is 0 Å². The summed E-state index contributed by atoms with van der Waals surface area (Å²) in [5, 5.41) is 14.6. The SMILES string of the molecule is O=C(CCCCNc1ncnc(N2CCOCC2)c1[N+](=O)[O-])OCc1ccccc1. The number of hydrogen-bond donors (Lipinski definition) is 1. The van der Waals surface area contributed by atoms with E-state index in [0.717, 1.165) is 5.56 Å². The van der Waals surface area contributed by atoms with Crippen molar-refractivity contribution >= 4 is 23.3 Å². The van der Waals surface area contributed by atoms with E-state index in [9.17, 15) is 14.9 Å². The summed E-state index contributed by atoms with van der Waals surface area (Å²) in [6.45, 7) is 2.81. The molecule has 1 aromatic carbocycles. The van der Waals surface area contributed by atoms with Gasteiger partial charge in [-0.25, -0.2) is 9.97 Å². The maximum absolute atomic E-state index is 11.8. The van der Waals surface area contributed by atoms with Crippen molar-refractivity contribution in [3.63, 3.8) is 0 Å². The number of carbonyl (C=O) groups is 1. The minimum absolute atomic E-state index is 0.137. The van der Waals surface area contributed by atoms with Crippen molar-refractivity contribution in [2.45, 2.75) is 25.9 Å². The molecule has 1 aliphatic rings. The summed E-state index contributed by atoms with van der Waals surface area (Å²) in [5.41, 5.74) is 0.807. The first-order valence-corrected chi connectivity index (χ1v) is 9.90. The van der Waals surface area contributed by atoms with Crippen molar-refractivity contribution < 1.29 is 19.2 Å². The number of unbranched alkanes of at least 4 members (excludes halogenated alkanes) is 1. The van der Waals surface area contributed by atoms with Gasteiger partial charge < -0.3 is 19.7 Å². The van der Waals surface area contributed by atoms with Crippen LogP contribution in [0.4, 0.5) is 17.3 Å². The maximum atomic E-state index is 11.8. The van der Waals surface area contributed by atoms with Gasteiger partial charge in [0, 0.05) is 26.1 Å². The van der Waals surface area contributed by atoms with Crippen LogP contribution in [0.5, 0.6) is 0 Å². The van der Waals surface area contributed by atoms with Crippen molar-refractivity contribution in [2.75, 3.05) is 43.1 Å². The molecule has 0 atom stereocenters. The summed E-state index contributed by atoms with van der Waals surface area (Å²) in [4.78, 5) is 33.0. The van der Waals surface area contributed by atoms with E-state index in [1.807, 2.05) is 35.2 Å². The number of benzene rings is 1. The number of ether oxygens (including phenoxy) is 2. The molecule has 30 heavy (non-hydrogen) atoms. The van der Waals surface area contributed by atoms with E-state index in [1.165, 1.54) is 6.33 Å². The van der Waals surface area contributed by atoms with E-state index in [2.05, 4.69) is 15.3 Å². The van der Waals surface area contributed by atoms with Crippen LogP contribution in [0.3, 0.4) is 0 Å². The average Bonchev–Trinajstić information content (AvgIpc) is 2.78. The first-order valence-electron chi connectivity index (χ1n) is 9.90. The summed E-state index contributed by atoms with van der Waals surface area (Å²) < 4.78 is 10.5. The summed E-state index contributed by atoms with van der Waals surface area (Å²) in [6.07, 6.45) is 2.87. The Morgan fingerprint density at radius 3 is 2.70 bits per heavy atom. The number of nitrogens with one attached hydrogen (secondary N) is 1. The zero-order chi connectivity index (χ0) is 21.2. The Kier molecular flexibility index (Phi) is 7.90. The molecule has 0 radical (unpaired) electrons. The Labute approximate surface area is 174 Å². The van der Waals surface area contributed by atoms with Gasteiger partial charge in [-0.1, -0.05) is 30.3 Å². The second-order valence-electron chi connectivity index (χ2n) is 6.78. The largest absolute Gasteiger partial charge is 0.461 e. The lowest BCUT2D eigenvalue weighted by Gasteiger charge is -2.27. The third kappa shape index (κ3) is 6.11. The summed E-state index contributed by atoms with van der Waals surface area (Å²) in [5.74, 6) is 0.218. The molecular formula is C20H25N5O5. The smallest absolute Gasteiger partial charge is 0.353 e. The minimum Gasteiger partial charge on any atom is -0.461 e. The van der Waals surface area contributed by atoms with Gasteiger partial charge >= 0.3 is 11.7 Å². The number of esters is 1. The molecule has 0 bridgehead atoms. The highest BCUT2D eigenvalue weighted by Gasteiger charge is 2.27. The Morgan fingerprint density at radius 1 is 1.20 bits per heavy atom. The Morgan fingerprint density at radius 2 is 1.97 bits per heavy atom. The Balaban J connectivity index is 1.45. The number of hydrogen-bond acceptors (Lipinski definition) is 9. The first kappa shape index (κ1) is 21.4. The number of carbonyl (C=O) groups excluding carboxylic acids is 1. The number of nitrogens with zero attached hydrogens (tertiary/aromatic N) is 4. The van der Waals surface area contributed by atoms with Gasteiger partial charge in [-0.2, -0.15) is 0 Å². The third-order valence-electron chi connectivity index (χ3n) is 4.64. The van der Waals surface area contributed by atoms with Crippen LogP contribution in [-0.2, 0) is 20.9 Å². The van der Waals surface area contributed by atoms with E-state index in [1.54, 1.807) is 0 Å². The topological polar surface area (TPSA) is 120 Å². The highest BCUT2D eigenvalue weighted by Crippen LogP contribution is 2.32. The molecule has 160 valence electrons. The molecule has 0 unspecified atom stereocenters. The third-order valence-corrected chi connectivity index (χ3v) is 4.64. The second kappa shape index (κ2) is 11.1. The highest BCUT2D eigenvalue weighted by atomic mass is 16.6. The summed E-state index contributed by atoms with van der Waals surface area (Å²) in [6, 6.07) is 9.50. The zero-order valence-electron chi connectivity index (χ0n) is 16.7. The average molecular weight is 415 g/mol. The molecule has 10 nitrogen and oxygen atoms in total. The van der Waals surface area contributed by atoms with Crippen molar-refractivity contribution in [3.8, 4) is 0 Å². The summed E-state index contributed by atoms with van der Waals surface area (Å²) >= 11 is 0. The van der Waals surface area contributed by atoms with Gasteiger partial charge in [0.1, 0.15) is 12.9 Å². The van der Waals surface area contributed by atoms with Gasteiger partial charge in [-0.15, -0.1) is 0 Å². The highest BCUT2D eigenvalue weighted by molar-refractivity contribution is 5.70. The molecule has 1 aliphatic heterocycles.